The van der Waals surface area contributed by atoms with Crippen LogP contribution < -0.4 is 5.32 Å². The molecule has 2 rings (SSSR count). The highest BCUT2D eigenvalue weighted by Gasteiger charge is 2.32. The van der Waals surface area contributed by atoms with Gasteiger partial charge >= 0.3 is 0 Å². The number of anilines is 1. The van der Waals surface area contributed by atoms with Crippen LogP contribution >= 0.6 is 11.6 Å². The summed E-state index contributed by atoms with van der Waals surface area (Å²) < 4.78 is 13.5. The minimum absolute atomic E-state index is 0.0177. The Morgan fingerprint density at radius 2 is 2.05 bits per heavy atom. The summed E-state index contributed by atoms with van der Waals surface area (Å²) in [5.41, 5.74) is -0.451. The van der Waals surface area contributed by atoms with Gasteiger partial charge in [-0.2, -0.15) is 0 Å². The first-order chi connectivity index (χ1) is 9.97. The Hall–Kier alpha value is -1.40. The molecular weight excluding hydrogens is 299 g/mol. The molecule has 21 heavy (non-hydrogen) atoms. The van der Waals surface area contributed by atoms with Crippen molar-refractivity contribution in [1.82, 2.24) is 0 Å². The van der Waals surface area contributed by atoms with Crippen molar-refractivity contribution in [2.24, 2.45) is 5.41 Å². The Labute approximate surface area is 127 Å². The second kappa shape index (κ2) is 6.58. The van der Waals surface area contributed by atoms with Gasteiger partial charge in [-0.1, -0.05) is 30.9 Å². The predicted molar refractivity (Wildman–Crippen MR) is 79.2 cm³/mol. The zero-order chi connectivity index (χ0) is 15.5. The highest BCUT2D eigenvalue weighted by Crippen LogP contribution is 2.37. The lowest BCUT2D eigenvalue weighted by Gasteiger charge is -2.35. The van der Waals surface area contributed by atoms with E-state index in [1.54, 1.807) is 0 Å². The molecular formula is C14H18ClFN2O3. The molecule has 0 spiro atoms. The summed E-state index contributed by atoms with van der Waals surface area (Å²) in [5.74, 6) is -0.702. The standard InChI is InChI=1S/C14H18ClFN2O3/c15-10-6-13(18(20)21)12(7-11(10)16)17-8-14(9-19)4-2-1-3-5-14/h6-7,17,19H,1-5,8-9H2. The summed E-state index contributed by atoms with van der Waals surface area (Å²) in [6, 6.07) is 2.04. The monoisotopic (exact) mass is 316 g/mol. The molecule has 0 amide bonds. The molecule has 1 aliphatic carbocycles. The number of nitrogens with one attached hydrogen (secondary N) is 1. The van der Waals surface area contributed by atoms with E-state index in [0.29, 0.717) is 6.54 Å². The SMILES string of the molecule is O=[N+]([O-])c1cc(Cl)c(F)cc1NCC1(CO)CCCCC1. The van der Waals surface area contributed by atoms with Crippen molar-refractivity contribution in [3.8, 4) is 0 Å². The van der Waals surface area contributed by atoms with Crippen molar-refractivity contribution in [3.63, 3.8) is 0 Å². The molecule has 1 saturated carbocycles. The number of nitrogens with zero attached hydrogens (tertiary/aromatic N) is 1. The highest BCUT2D eigenvalue weighted by molar-refractivity contribution is 6.31. The quantitative estimate of drug-likeness (QED) is 0.641. The van der Waals surface area contributed by atoms with E-state index in [2.05, 4.69) is 5.32 Å². The van der Waals surface area contributed by atoms with Gasteiger partial charge in [-0.25, -0.2) is 4.39 Å². The third-order valence-corrected chi connectivity index (χ3v) is 4.43. The summed E-state index contributed by atoms with van der Waals surface area (Å²) in [4.78, 5) is 10.4. The Bertz CT molecular complexity index is 533. The lowest BCUT2D eigenvalue weighted by Crippen LogP contribution is -2.35. The first-order valence-electron chi connectivity index (χ1n) is 6.96. The number of aliphatic hydroxyl groups excluding tert-OH is 1. The lowest BCUT2D eigenvalue weighted by atomic mass is 9.74. The summed E-state index contributed by atoms with van der Waals surface area (Å²) in [6.07, 6.45) is 4.91. The maximum atomic E-state index is 13.5. The molecule has 116 valence electrons. The molecule has 1 aliphatic rings. The molecule has 0 aromatic heterocycles. The second-order valence-electron chi connectivity index (χ2n) is 5.61. The van der Waals surface area contributed by atoms with E-state index in [-0.39, 0.29) is 28.4 Å². The van der Waals surface area contributed by atoms with Crippen LogP contribution in [0.15, 0.2) is 12.1 Å². The molecule has 0 unspecified atom stereocenters. The average Bonchev–Trinajstić information content (AvgIpc) is 2.48. The zero-order valence-corrected chi connectivity index (χ0v) is 12.3. The zero-order valence-electron chi connectivity index (χ0n) is 11.6. The molecule has 0 heterocycles. The van der Waals surface area contributed by atoms with Gasteiger partial charge in [0.15, 0.2) is 0 Å². The fourth-order valence-electron chi connectivity index (χ4n) is 2.80. The first-order valence-corrected chi connectivity index (χ1v) is 7.33. The molecule has 1 aromatic rings. The second-order valence-corrected chi connectivity index (χ2v) is 6.02. The molecule has 7 heteroatoms. The van der Waals surface area contributed by atoms with Gasteiger partial charge in [0.05, 0.1) is 16.6 Å². The highest BCUT2D eigenvalue weighted by atomic mass is 35.5. The molecule has 1 fully saturated rings. The Morgan fingerprint density at radius 1 is 1.38 bits per heavy atom. The first kappa shape index (κ1) is 16.0. The van der Waals surface area contributed by atoms with Crippen LogP contribution in [-0.4, -0.2) is 23.2 Å². The maximum absolute atomic E-state index is 13.5. The summed E-state index contributed by atoms with van der Waals surface area (Å²) >= 11 is 5.59. The van der Waals surface area contributed by atoms with E-state index >= 15 is 0 Å². The minimum Gasteiger partial charge on any atom is -0.396 e. The van der Waals surface area contributed by atoms with Crippen LogP contribution in [-0.2, 0) is 0 Å². The van der Waals surface area contributed by atoms with Crippen LogP contribution in [0.4, 0.5) is 15.8 Å². The van der Waals surface area contributed by atoms with Crippen LogP contribution in [0.2, 0.25) is 5.02 Å². The molecule has 0 atom stereocenters. The van der Waals surface area contributed by atoms with Crippen LogP contribution in [0.3, 0.4) is 0 Å². The van der Waals surface area contributed by atoms with Crippen molar-refractivity contribution in [2.45, 2.75) is 32.1 Å². The number of rotatable bonds is 5. The van der Waals surface area contributed by atoms with Gasteiger partial charge in [0.1, 0.15) is 11.5 Å². The fourth-order valence-corrected chi connectivity index (χ4v) is 2.96. The van der Waals surface area contributed by atoms with Crippen LogP contribution in [0.1, 0.15) is 32.1 Å². The lowest BCUT2D eigenvalue weighted by molar-refractivity contribution is -0.384. The average molecular weight is 317 g/mol. The van der Waals surface area contributed by atoms with Gasteiger partial charge in [0, 0.05) is 24.1 Å². The van der Waals surface area contributed by atoms with E-state index < -0.39 is 10.7 Å². The van der Waals surface area contributed by atoms with Crippen molar-refractivity contribution in [1.29, 1.82) is 0 Å². The number of halogens is 2. The van der Waals surface area contributed by atoms with Crippen molar-refractivity contribution < 1.29 is 14.4 Å². The Kier molecular flexibility index (Phi) is 5.00. The normalized spacial score (nSPS) is 17.5. The molecule has 2 N–H and O–H groups in total. The summed E-state index contributed by atoms with van der Waals surface area (Å²) in [5, 5.41) is 23.3. The van der Waals surface area contributed by atoms with Crippen molar-refractivity contribution in [3.05, 3.63) is 33.1 Å². The van der Waals surface area contributed by atoms with E-state index in [9.17, 15) is 19.6 Å². The number of hydrogen-bond acceptors (Lipinski definition) is 4. The number of nitro benzene ring substituents is 1. The van der Waals surface area contributed by atoms with Crippen LogP contribution in [0, 0.1) is 21.3 Å². The Morgan fingerprint density at radius 3 is 2.62 bits per heavy atom. The van der Waals surface area contributed by atoms with Gasteiger partial charge in [0.25, 0.3) is 5.69 Å². The van der Waals surface area contributed by atoms with E-state index in [0.717, 1.165) is 44.2 Å². The number of nitro groups is 1. The topological polar surface area (TPSA) is 75.4 Å². The van der Waals surface area contributed by atoms with Gasteiger partial charge < -0.3 is 10.4 Å². The Balaban J connectivity index is 2.18. The number of aliphatic hydroxyl groups is 1. The van der Waals surface area contributed by atoms with Gasteiger partial charge in [-0.05, 0) is 12.8 Å². The van der Waals surface area contributed by atoms with E-state index in [4.69, 9.17) is 11.6 Å². The predicted octanol–water partition coefficient (Wildman–Crippen LogP) is 3.74. The van der Waals surface area contributed by atoms with E-state index in [1.165, 1.54) is 0 Å². The maximum Gasteiger partial charge on any atom is 0.294 e. The minimum atomic E-state index is -0.702. The van der Waals surface area contributed by atoms with Gasteiger partial charge in [-0.3, -0.25) is 10.1 Å². The van der Waals surface area contributed by atoms with Crippen LogP contribution in [0.5, 0.6) is 0 Å². The number of hydrogen-bond donors (Lipinski definition) is 2. The third kappa shape index (κ3) is 3.63. The molecule has 0 aliphatic heterocycles. The summed E-state index contributed by atoms with van der Waals surface area (Å²) in [6.45, 7) is 0.398. The fraction of sp³-hybridized carbons (Fsp3) is 0.571. The van der Waals surface area contributed by atoms with Crippen LogP contribution in [0.25, 0.3) is 0 Å². The molecule has 1 aromatic carbocycles. The third-order valence-electron chi connectivity index (χ3n) is 4.14. The van der Waals surface area contributed by atoms with E-state index in [1.807, 2.05) is 0 Å². The van der Waals surface area contributed by atoms with Crippen molar-refractivity contribution >= 4 is 23.0 Å². The van der Waals surface area contributed by atoms with Crippen molar-refractivity contribution in [2.75, 3.05) is 18.5 Å². The smallest absolute Gasteiger partial charge is 0.294 e. The molecule has 5 nitrogen and oxygen atoms in total. The molecule has 0 saturated heterocycles. The number of benzene rings is 1. The largest absolute Gasteiger partial charge is 0.396 e. The van der Waals surface area contributed by atoms with Gasteiger partial charge in [-0.15, -0.1) is 0 Å². The molecule has 0 radical (unpaired) electrons. The molecule has 0 bridgehead atoms. The summed E-state index contributed by atoms with van der Waals surface area (Å²) in [7, 11) is 0. The van der Waals surface area contributed by atoms with Gasteiger partial charge in [0.2, 0.25) is 0 Å².